The molecule has 4 heteroatoms. The largest absolute Gasteiger partial charge is 0.391 e. The van der Waals surface area contributed by atoms with E-state index in [-0.39, 0.29) is 5.54 Å². The van der Waals surface area contributed by atoms with Crippen LogP contribution in [0.2, 0.25) is 5.02 Å². The lowest BCUT2D eigenvalue weighted by Crippen LogP contribution is -2.53. The second-order valence-electron chi connectivity index (χ2n) is 5.16. The monoisotopic (exact) mass is 347 g/mol. The summed E-state index contributed by atoms with van der Waals surface area (Å²) in [6.07, 6.45) is 1.96. The number of rotatable bonds is 6. The van der Waals surface area contributed by atoms with Crippen molar-refractivity contribution in [2.45, 2.75) is 44.8 Å². The first-order valence-electron chi connectivity index (χ1n) is 6.66. The minimum absolute atomic E-state index is 0.198. The maximum Gasteiger partial charge on any atom is 0.0764 e. The second kappa shape index (κ2) is 7.07. The minimum Gasteiger partial charge on any atom is -0.391 e. The maximum absolute atomic E-state index is 10.7. The average Bonchev–Trinajstić information content (AvgIpc) is 2.34. The summed E-state index contributed by atoms with van der Waals surface area (Å²) in [5, 5.41) is 11.4. The van der Waals surface area contributed by atoms with Gasteiger partial charge in [0.2, 0.25) is 0 Å². The molecule has 0 aromatic heterocycles. The molecule has 2 nitrogen and oxygen atoms in total. The van der Waals surface area contributed by atoms with Crippen LogP contribution in [0.15, 0.2) is 22.7 Å². The van der Waals surface area contributed by atoms with Crippen molar-refractivity contribution in [3.63, 3.8) is 0 Å². The predicted octanol–water partition coefficient (Wildman–Crippen LogP) is 4.13. The maximum atomic E-state index is 10.7. The Morgan fingerprint density at radius 3 is 2.32 bits per heavy atom. The standard InChI is InChI=1S/C15H23BrClNO/c1-5-15(6-2,18(3)4)14(19)9-11-7-8-12(16)10-13(11)17/h7-8,10,14,19H,5-6,9H2,1-4H3. The van der Waals surface area contributed by atoms with E-state index in [1.54, 1.807) is 0 Å². The number of aliphatic hydroxyl groups is 1. The zero-order valence-electron chi connectivity index (χ0n) is 12.1. The van der Waals surface area contributed by atoms with E-state index in [1.807, 2.05) is 32.3 Å². The van der Waals surface area contributed by atoms with E-state index in [4.69, 9.17) is 11.6 Å². The van der Waals surface area contributed by atoms with Crippen LogP contribution in [0.5, 0.6) is 0 Å². The van der Waals surface area contributed by atoms with E-state index in [0.29, 0.717) is 11.4 Å². The smallest absolute Gasteiger partial charge is 0.0764 e. The van der Waals surface area contributed by atoms with E-state index in [2.05, 4.69) is 34.7 Å². The fourth-order valence-electron chi connectivity index (χ4n) is 2.74. The van der Waals surface area contributed by atoms with Gasteiger partial charge in [-0.1, -0.05) is 47.4 Å². The third-order valence-electron chi connectivity index (χ3n) is 4.16. The lowest BCUT2D eigenvalue weighted by Gasteiger charge is -2.42. The highest BCUT2D eigenvalue weighted by Gasteiger charge is 2.36. The molecule has 1 atom stereocenters. The van der Waals surface area contributed by atoms with Crippen LogP contribution in [0.1, 0.15) is 32.3 Å². The fraction of sp³-hybridized carbons (Fsp3) is 0.600. The molecule has 0 saturated carbocycles. The van der Waals surface area contributed by atoms with Crippen molar-refractivity contribution in [2.75, 3.05) is 14.1 Å². The molecule has 108 valence electrons. The molecule has 0 amide bonds. The average molecular weight is 349 g/mol. The molecule has 1 unspecified atom stereocenters. The van der Waals surface area contributed by atoms with Gasteiger partial charge in [0.25, 0.3) is 0 Å². The summed E-state index contributed by atoms with van der Waals surface area (Å²) in [5.74, 6) is 0. The Kier molecular flexibility index (Phi) is 6.31. The highest BCUT2D eigenvalue weighted by atomic mass is 79.9. The summed E-state index contributed by atoms with van der Waals surface area (Å²) in [6.45, 7) is 4.24. The molecule has 19 heavy (non-hydrogen) atoms. The third-order valence-corrected chi connectivity index (χ3v) is 5.01. The number of benzene rings is 1. The normalized spacial score (nSPS) is 13.9. The molecular formula is C15H23BrClNO. The second-order valence-corrected chi connectivity index (χ2v) is 6.48. The van der Waals surface area contributed by atoms with Crippen molar-refractivity contribution in [1.29, 1.82) is 0 Å². The zero-order chi connectivity index (χ0) is 14.6. The minimum atomic E-state index is -0.434. The lowest BCUT2D eigenvalue weighted by molar-refractivity contribution is -0.0125. The molecule has 1 rings (SSSR count). The van der Waals surface area contributed by atoms with Gasteiger partial charge in [0.15, 0.2) is 0 Å². The molecule has 0 fully saturated rings. The van der Waals surface area contributed by atoms with E-state index >= 15 is 0 Å². The molecule has 1 N–H and O–H groups in total. The van der Waals surface area contributed by atoms with Gasteiger partial charge in [0.1, 0.15) is 0 Å². The van der Waals surface area contributed by atoms with Gasteiger partial charge in [-0.15, -0.1) is 0 Å². The number of halogens is 2. The van der Waals surface area contributed by atoms with Gasteiger partial charge in [0, 0.05) is 21.5 Å². The van der Waals surface area contributed by atoms with Gasteiger partial charge in [-0.3, -0.25) is 0 Å². The SMILES string of the molecule is CCC(CC)(C(O)Cc1ccc(Br)cc1Cl)N(C)C. The number of aliphatic hydroxyl groups excluding tert-OH is 1. The Morgan fingerprint density at radius 2 is 1.89 bits per heavy atom. The summed E-state index contributed by atoms with van der Waals surface area (Å²) in [5.41, 5.74) is 0.793. The summed E-state index contributed by atoms with van der Waals surface area (Å²) in [7, 11) is 4.05. The summed E-state index contributed by atoms with van der Waals surface area (Å²) < 4.78 is 0.959. The quantitative estimate of drug-likeness (QED) is 0.835. The van der Waals surface area contributed by atoms with E-state index in [1.165, 1.54) is 0 Å². The van der Waals surface area contributed by atoms with Crippen LogP contribution in [0, 0.1) is 0 Å². The van der Waals surface area contributed by atoms with E-state index in [0.717, 1.165) is 22.9 Å². The van der Waals surface area contributed by atoms with Crippen molar-refractivity contribution >= 4 is 27.5 Å². The van der Waals surface area contributed by atoms with Crippen LogP contribution >= 0.6 is 27.5 Å². The van der Waals surface area contributed by atoms with Crippen LogP contribution in [-0.2, 0) is 6.42 Å². The van der Waals surface area contributed by atoms with Gasteiger partial charge < -0.3 is 10.0 Å². The Hall–Kier alpha value is -0.0900. The van der Waals surface area contributed by atoms with E-state index < -0.39 is 6.10 Å². The highest BCUT2D eigenvalue weighted by Crippen LogP contribution is 2.30. The zero-order valence-corrected chi connectivity index (χ0v) is 14.4. The Morgan fingerprint density at radius 1 is 1.32 bits per heavy atom. The summed E-state index contributed by atoms with van der Waals surface area (Å²) >= 11 is 9.63. The van der Waals surface area contributed by atoms with E-state index in [9.17, 15) is 5.11 Å². The molecule has 0 saturated heterocycles. The predicted molar refractivity (Wildman–Crippen MR) is 85.9 cm³/mol. The topological polar surface area (TPSA) is 23.5 Å². The van der Waals surface area contributed by atoms with Crippen molar-refractivity contribution in [3.8, 4) is 0 Å². The van der Waals surface area contributed by atoms with Crippen LogP contribution < -0.4 is 0 Å². The number of hydrogen-bond donors (Lipinski definition) is 1. The van der Waals surface area contributed by atoms with Crippen molar-refractivity contribution < 1.29 is 5.11 Å². The molecule has 0 bridgehead atoms. The molecular weight excluding hydrogens is 326 g/mol. The van der Waals surface area contributed by atoms with Crippen molar-refractivity contribution in [3.05, 3.63) is 33.3 Å². The highest BCUT2D eigenvalue weighted by molar-refractivity contribution is 9.10. The first-order valence-corrected chi connectivity index (χ1v) is 7.83. The number of likely N-dealkylation sites (N-methyl/N-ethyl adjacent to an activating group) is 1. The van der Waals surface area contributed by atoms with Gasteiger partial charge in [-0.2, -0.15) is 0 Å². The van der Waals surface area contributed by atoms with Gasteiger partial charge in [-0.05, 0) is 44.6 Å². The molecule has 1 aromatic rings. The van der Waals surface area contributed by atoms with Crippen LogP contribution in [0.4, 0.5) is 0 Å². The first-order chi connectivity index (χ1) is 8.87. The Labute approximate surface area is 129 Å². The van der Waals surface area contributed by atoms with Crippen LogP contribution in [0.3, 0.4) is 0 Å². The first kappa shape index (κ1) is 17.0. The van der Waals surface area contributed by atoms with Crippen molar-refractivity contribution in [1.82, 2.24) is 4.90 Å². The Bertz CT molecular complexity index is 419. The number of hydrogen-bond acceptors (Lipinski definition) is 2. The Balaban J connectivity index is 2.96. The summed E-state index contributed by atoms with van der Waals surface area (Å²) in [4.78, 5) is 2.13. The van der Waals surface area contributed by atoms with Gasteiger partial charge in [0.05, 0.1) is 6.10 Å². The lowest BCUT2D eigenvalue weighted by atomic mass is 9.82. The molecule has 0 spiro atoms. The van der Waals surface area contributed by atoms with Crippen molar-refractivity contribution in [2.24, 2.45) is 0 Å². The summed E-state index contributed by atoms with van der Waals surface area (Å²) in [6, 6.07) is 5.81. The van der Waals surface area contributed by atoms with Gasteiger partial charge >= 0.3 is 0 Å². The number of nitrogens with zero attached hydrogens (tertiary/aromatic N) is 1. The molecule has 0 aliphatic heterocycles. The van der Waals surface area contributed by atoms with Gasteiger partial charge in [-0.25, -0.2) is 0 Å². The third kappa shape index (κ3) is 3.72. The molecule has 0 aliphatic carbocycles. The molecule has 0 radical (unpaired) electrons. The fourth-order valence-corrected chi connectivity index (χ4v) is 3.49. The molecule has 0 heterocycles. The molecule has 0 aliphatic rings. The van der Waals surface area contributed by atoms with Crippen LogP contribution in [-0.4, -0.2) is 35.7 Å². The van der Waals surface area contributed by atoms with Crippen LogP contribution in [0.25, 0.3) is 0 Å². The molecule has 1 aromatic carbocycles.